The number of thiazole rings is 1. The zero-order valence-electron chi connectivity index (χ0n) is 8.11. The van der Waals surface area contributed by atoms with Crippen molar-refractivity contribution in [1.82, 2.24) is 4.98 Å². The van der Waals surface area contributed by atoms with Crippen molar-refractivity contribution in [3.05, 3.63) is 5.69 Å². The number of carbonyl (C=O) groups excluding carboxylic acids is 1. The number of rotatable bonds is 4. The fourth-order valence-electron chi connectivity index (χ4n) is 0.819. The second-order valence-electron chi connectivity index (χ2n) is 3.04. The van der Waals surface area contributed by atoms with Gasteiger partial charge >= 0.3 is 0 Å². The lowest BCUT2D eigenvalue weighted by Gasteiger charge is -2.04. The number of aryl methyl sites for hydroxylation is 1. The average molecular weight is 231 g/mol. The third-order valence-corrected chi connectivity index (χ3v) is 4.33. The number of thioether (sulfide) groups is 1. The Morgan fingerprint density at radius 1 is 1.71 bits per heavy atom. The van der Waals surface area contributed by atoms with Gasteiger partial charge in [0, 0.05) is 11.7 Å². The monoisotopic (exact) mass is 231 g/mol. The van der Waals surface area contributed by atoms with Crippen molar-refractivity contribution in [3.63, 3.8) is 0 Å². The predicted molar refractivity (Wildman–Crippen MR) is 60.3 cm³/mol. The van der Waals surface area contributed by atoms with E-state index in [0.29, 0.717) is 10.9 Å². The van der Waals surface area contributed by atoms with E-state index in [1.807, 2.05) is 13.8 Å². The van der Waals surface area contributed by atoms with Gasteiger partial charge in [0.25, 0.3) is 0 Å². The third kappa shape index (κ3) is 2.88. The summed E-state index contributed by atoms with van der Waals surface area (Å²) in [6.45, 7) is 3.72. The molecule has 1 rings (SSSR count). The molecule has 1 aromatic rings. The van der Waals surface area contributed by atoms with Crippen LogP contribution < -0.4 is 11.5 Å². The Bertz CT molecular complexity index is 337. The van der Waals surface area contributed by atoms with E-state index in [1.165, 1.54) is 11.3 Å². The lowest BCUT2D eigenvalue weighted by Crippen LogP contribution is -2.22. The number of amides is 1. The molecule has 4 N–H and O–H groups in total. The van der Waals surface area contributed by atoms with Gasteiger partial charge in [-0.15, -0.1) is 11.8 Å². The van der Waals surface area contributed by atoms with Crippen LogP contribution in [-0.4, -0.2) is 16.6 Å². The summed E-state index contributed by atoms with van der Waals surface area (Å²) in [5.74, 6) is 0.285. The van der Waals surface area contributed by atoms with Crippen LogP contribution in [-0.2, 0) is 4.79 Å². The number of hydrogen-bond donors (Lipinski definition) is 2. The Balaban J connectivity index is 2.53. The molecule has 0 spiro atoms. The minimum atomic E-state index is -0.271. The van der Waals surface area contributed by atoms with E-state index in [9.17, 15) is 4.79 Å². The van der Waals surface area contributed by atoms with Crippen LogP contribution in [0, 0.1) is 12.8 Å². The highest BCUT2D eigenvalue weighted by Gasteiger charge is 2.12. The molecular formula is C8H13N3OS2. The van der Waals surface area contributed by atoms with Gasteiger partial charge in [-0.05, 0) is 6.92 Å². The Hall–Kier alpha value is -0.750. The summed E-state index contributed by atoms with van der Waals surface area (Å²) in [6, 6.07) is 0. The number of primary amides is 1. The number of nitrogens with two attached hydrogens (primary N) is 2. The number of aromatic nitrogens is 1. The summed E-state index contributed by atoms with van der Waals surface area (Å²) in [6.07, 6.45) is 0. The molecule has 0 bridgehead atoms. The van der Waals surface area contributed by atoms with Crippen molar-refractivity contribution >= 4 is 34.1 Å². The number of carbonyl (C=O) groups is 1. The molecule has 0 saturated heterocycles. The van der Waals surface area contributed by atoms with E-state index in [-0.39, 0.29) is 11.8 Å². The molecule has 1 heterocycles. The lowest BCUT2D eigenvalue weighted by molar-refractivity contribution is -0.120. The van der Waals surface area contributed by atoms with Gasteiger partial charge in [0.15, 0.2) is 5.13 Å². The number of hydrogen-bond acceptors (Lipinski definition) is 5. The zero-order valence-corrected chi connectivity index (χ0v) is 9.74. The van der Waals surface area contributed by atoms with Gasteiger partial charge in [-0.3, -0.25) is 4.79 Å². The maximum Gasteiger partial charge on any atom is 0.221 e. The molecule has 0 fully saturated rings. The van der Waals surface area contributed by atoms with Crippen LogP contribution >= 0.6 is 23.1 Å². The normalized spacial score (nSPS) is 12.7. The molecule has 4 nitrogen and oxygen atoms in total. The number of nitrogens with zero attached hydrogens (tertiary/aromatic N) is 1. The largest absolute Gasteiger partial charge is 0.375 e. The fraction of sp³-hybridized carbons (Fsp3) is 0.500. The number of nitrogen functional groups attached to an aromatic ring is 1. The van der Waals surface area contributed by atoms with Crippen LogP contribution in [0.15, 0.2) is 4.21 Å². The van der Waals surface area contributed by atoms with E-state index in [4.69, 9.17) is 11.5 Å². The van der Waals surface area contributed by atoms with Crippen molar-refractivity contribution in [2.24, 2.45) is 11.7 Å². The fourth-order valence-corrected chi connectivity index (χ4v) is 2.90. The van der Waals surface area contributed by atoms with Crippen molar-refractivity contribution in [3.8, 4) is 0 Å². The molecule has 0 radical (unpaired) electrons. The summed E-state index contributed by atoms with van der Waals surface area (Å²) in [4.78, 5) is 14.9. The minimum absolute atomic E-state index is 0.122. The first-order valence-electron chi connectivity index (χ1n) is 4.15. The molecule has 0 aliphatic heterocycles. The van der Waals surface area contributed by atoms with Gasteiger partial charge in [0.1, 0.15) is 0 Å². The maximum absolute atomic E-state index is 10.8. The van der Waals surface area contributed by atoms with Crippen LogP contribution in [0.25, 0.3) is 0 Å². The minimum Gasteiger partial charge on any atom is -0.375 e. The first kappa shape index (κ1) is 11.3. The second kappa shape index (κ2) is 4.65. The van der Waals surface area contributed by atoms with Gasteiger partial charge in [0.05, 0.1) is 9.90 Å². The molecule has 1 unspecified atom stereocenters. The van der Waals surface area contributed by atoms with E-state index in [2.05, 4.69) is 4.98 Å². The Morgan fingerprint density at radius 3 is 2.79 bits per heavy atom. The molecular weight excluding hydrogens is 218 g/mol. The zero-order chi connectivity index (χ0) is 10.7. The molecule has 0 aromatic carbocycles. The van der Waals surface area contributed by atoms with Crippen LogP contribution in [0.5, 0.6) is 0 Å². The van der Waals surface area contributed by atoms with E-state index in [0.717, 1.165) is 9.90 Å². The van der Waals surface area contributed by atoms with Gasteiger partial charge in [0.2, 0.25) is 5.91 Å². The molecule has 1 aromatic heterocycles. The first-order valence-corrected chi connectivity index (χ1v) is 5.96. The molecule has 0 aliphatic rings. The van der Waals surface area contributed by atoms with Gasteiger partial charge in [-0.25, -0.2) is 4.98 Å². The smallest absolute Gasteiger partial charge is 0.221 e. The molecule has 6 heteroatoms. The van der Waals surface area contributed by atoms with Crippen molar-refractivity contribution in [1.29, 1.82) is 0 Å². The highest BCUT2D eigenvalue weighted by atomic mass is 32.2. The lowest BCUT2D eigenvalue weighted by atomic mass is 10.2. The molecule has 14 heavy (non-hydrogen) atoms. The Labute approximate surface area is 91.1 Å². The van der Waals surface area contributed by atoms with Crippen LogP contribution in [0.4, 0.5) is 5.13 Å². The van der Waals surface area contributed by atoms with Gasteiger partial charge in [-0.2, -0.15) is 0 Å². The predicted octanol–water partition coefficient (Wildman–Crippen LogP) is 1.25. The van der Waals surface area contributed by atoms with E-state index < -0.39 is 0 Å². The summed E-state index contributed by atoms with van der Waals surface area (Å²) < 4.78 is 1.07. The van der Waals surface area contributed by atoms with E-state index in [1.54, 1.807) is 11.8 Å². The Morgan fingerprint density at radius 2 is 2.36 bits per heavy atom. The Kier molecular flexibility index (Phi) is 3.77. The summed E-state index contributed by atoms with van der Waals surface area (Å²) in [5.41, 5.74) is 11.6. The van der Waals surface area contributed by atoms with Gasteiger partial charge < -0.3 is 11.5 Å². The van der Waals surface area contributed by atoms with E-state index >= 15 is 0 Å². The molecule has 0 saturated carbocycles. The van der Waals surface area contributed by atoms with Gasteiger partial charge in [-0.1, -0.05) is 18.3 Å². The summed E-state index contributed by atoms with van der Waals surface area (Å²) in [7, 11) is 0. The van der Waals surface area contributed by atoms with Crippen LogP contribution in [0.1, 0.15) is 12.6 Å². The van der Waals surface area contributed by atoms with Crippen LogP contribution in [0.2, 0.25) is 0 Å². The van der Waals surface area contributed by atoms with Crippen molar-refractivity contribution < 1.29 is 4.79 Å². The molecule has 1 atom stereocenters. The maximum atomic E-state index is 10.8. The van der Waals surface area contributed by atoms with Crippen molar-refractivity contribution in [2.45, 2.75) is 18.1 Å². The number of anilines is 1. The standard InChI is InChI=1S/C8H13N3OS2/c1-4(6(9)12)3-13-7-5(2)11-8(10)14-7/h4H,3H2,1-2H3,(H2,9,12)(H2,10,11). The van der Waals surface area contributed by atoms with Crippen molar-refractivity contribution in [2.75, 3.05) is 11.5 Å². The SMILES string of the molecule is Cc1nc(N)sc1SCC(C)C(N)=O. The topological polar surface area (TPSA) is 82.0 Å². The second-order valence-corrected chi connectivity index (χ2v) is 5.36. The third-order valence-electron chi connectivity index (χ3n) is 1.72. The first-order chi connectivity index (χ1) is 6.50. The van der Waals surface area contributed by atoms with Crippen LogP contribution in [0.3, 0.4) is 0 Å². The quantitative estimate of drug-likeness (QED) is 0.764. The average Bonchev–Trinajstić information content (AvgIpc) is 2.40. The molecule has 1 amide bonds. The summed E-state index contributed by atoms with van der Waals surface area (Å²) in [5, 5.41) is 0.566. The highest BCUT2D eigenvalue weighted by molar-refractivity contribution is 8.01. The molecule has 0 aliphatic carbocycles. The highest BCUT2D eigenvalue weighted by Crippen LogP contribution is 2.31. The summed E-state index contributed by atoms with van der Waals surface area (Å²) >= 11 is 3.03. The molecule has 78 valence electrons.